The van der Waals surface area contributed by atoms with Crippen molar-refractivity contribution in [3.63, 3.8) is 0 Å². The Morgan fingerprint density at radius 3 is 2.49 bits per heavy atom. The summed E-state index contributed by atoms with van der Waals surface area (Å²) < 4.78 is 16.0. The molecule has 2 heterocycles. The number of ether oxygens (including phenoxy) is 3. The van der Waals surface area contributed by atoms with Crippen LogP contribution in [0.15, 0.2) is 47.6 Å². The molecule has 9 nitrogen and oxygen atoms in total. The number of carbonyl (C=O) groups is 2. The summed E-state index contributed by atoms with van der Waals surface area (Å²) in [5.74, 6) is 1.24. The van der Waals surface area contributed by atoms with Crippen molar-refractivity contribution in [2.75, 3.05) is 52.4 Å². The summed E-state index contributed by atoms with van der Waals surface area (Å²) in [6.07, 6.45) is 1.41. The van der Waals surface area contributed by atoms with Gasteiger partial charge in [-0.05, 0) is 35.9 Å². The molecule has 1 fully saturated rings. The second-order valence-corrected chi connectivity index (χ2v) is 8.52. The number of amides is 2. The van der Waals surface area contributed by atoms with Gasteiger partial charge in [-0.15, -0.1) is 0 Å². The van der Waals surface area contributed by atoms with Crippen molar-refractivity contribution in [3.05, 3.63) is 53.6 Å². The molecule has 0 spiro atoms. The molecule has 2 aliphatic rings. The van der Waals surface area contributed by atoms with E-state index >= 15 is 0 Å². The van der Waals surface area contributed by atoms with E-state index in [4.69, 9.17) is 14.2 Å². The maximum atomic E-state index is 12.5. The molecule has 1 saturated heterocycles. The number of anilines is 1. The fourth-order valence-corrected chi connectivity index (χ4v) is 4.12. The number of hydrazone groups is 1. The molecule has 2 aromatic carbocycles. The molecule has 0 aliphatic carbocycles. The van der Waals surface area contributed by atoms with Gasteiger partial charge in [-0.2, -0.15) is 5.10 Å². The summed E-state index contributed by atoms with van der Waals surface area (Å²) in [6.45, 7) is 4.28. The highest BCUT2D eigenvalue weighted by Crippen LogP contribution is 2.29. The Bertz CT molecular complexity index is 1060. The van der Waals surface area contributed by atoms with Crippen LogP contribution in [0.5, 0.6) is 11.5 Å². The first-order valence-corrected chi connectivity index (χ1v) is 11.8. The number of rotatable bonds is 9. The quantitative estimate of drug-likeness (QED) is 0.593. The zero-order chi connectivity index (χ0) is 24.6. The van der Waals surface area contributed by atoms with Crippen molar-refractivity contribution in [1.29, 1.82) is 0 Å². The molecule has 35 heavy (non-hydrogen) atoms. The van der Waals surface area contributed by atoms with Crippen molar-refractivity contribution >= 4 is 23.2 Å². The average Bonchev–Trinajstić information content (AvgIpc) is 2.90. The molecular weight excluding hydrogens is 448 g/mol. The van der Waals surface area contributed by atoms with Crippen molar-refractivity contribution in [3.8, 4) is 11.5 Å². The van der Waals surface area contributed by atoms with Gasteiger partial charge in [0, 0.05) is 50.1 Å². The van der Waals surface area contributed by atoms with Gasteiger partial charge in [0.1, 0.15) is 0 Å². The van der Waals surface area contributed by atoms with Crippen LogP contribution in [0.1, 0.15) is 30.4 Å². The highest BCUT2D eigenvalue weighted by atomic mass is 16.5. The summed E-state index contributed by atoms with van der Waals surface area (Å²) in [7, 11) is 3.19. The van der Waals surface area contributed by atoms with Crippen LogP contribution in [0.4, 0.5) is 5.69 Å². The summed E-state index contributed by atoms with van der Waals surface area (Å²) >= 11 is 0. The van der Waals surface area contributed by atoms with Gasteiger partial charge in [0.05, 0.1) is 39.7 Å². The molecule has 0 bridgehead atoms. The SMILES string of the molecule is COc1ccc(C2=NN(Cc3ccc(NC(=O)CCN4CCOCC4)cc3)C(=O)CC2)cc1OC. The highest BCUT2D eigenvalue weighted by Gasteiger charge is 2.22. The smallest absolute Gasteiger partial charge is 0.243 e. The van der Waals surface area contributed by atoms with Gasteiger partial charge < -0.3 is 19.5 Å². The molecule has 0 atom stereocenters. The molecule has 0 radical (unpaired) electrons. The number of hydrogen-bond acceptors (Lipinski definition) is 7. The van der Waals surface area contributed by atoms with E-state index in [-0.39, 0.29) is 11.8 Å². The second kappa shape index (κ2) is 11.8. The largest absolute Gasteiger partial charge is 0.493 e. The number of nitrogens with one attached hydrogen (secondary N) is 1. The third-order valence-corrected chi connectivity index (χ3v) is 6.15. The van der Waals surface area contributed by atoms with Gasteiger partial charge in [0.2, 0.25) is 11.8 Å². The van der Waals surface area contributed by atoms with Crippen molar-refractivity contribution in [2.45, 2.75) is 25.8 Å². The van der Waals surface area contributed by atoms with Gasteiger partial charge in [0.25, 0.3) is 0 Å². The maximum absolute atomic E-state index is 12.5. The predicted molar refractivity (Wildman–Crippen MR) is 133 cm³/mol. The number of carbonyl (C=O) groups excluding carboxylic acids is 2. The average molecular weight is 481 g/mol. The molecule has 0 unspecified atom stereocenters. The van der Waals surface area contributed by atoms with E-state index in [1.807, 2.05) is 42.5 Å². The Hall–Kier alpha value is -3.43. The summed E-state index contributed by atoms with van der Waals surface area (Å²) in [4.78, 5) is 27.1. The maximum Gasteiger partial charge on any atom is 0.243 e. The number of nitrogens with zero attached hydrogens (tertiary/aromatic N) is 3. The molecule has 2 amide bonds. The summed E-state index contributed by atoms with van der Waals surface area (Å²) in [5, 5.41) is 9.07. The van der Waals surface area contributed by atoms with Crippen LogP contribution in [0.3, 0.4) is 0 Å². The zero-order valence-electron chi connectivity index (χ0n) is 20.3. The minimum atomic E-state index is -0.0188. The van der Waals surface area contributed by atoms with Gasteiger partial charge in [-0.25, -0.2) is 5.01 Å². The highest BCUT2D eigenvalue weighted by molar-refractivity contribution is 6.04. The molecule has 9 heteroatoms. The van der Waals surface area contributed by atoms with Gasteiger partial charge in [0.15, 0.2) is 11.5 Å². The fourth-order valence-electron chi connectivity index (χ4n) is 4.12. The van der Waals surface area contributed by atoms with E-state index < -0.39 is 0 Å². The number of hydrogen-bond donors (Lipinski definition) is 1. The number of morpholine rings is 1. The van der Waals surface area contributed by atoms with Crippen LogP contribution < -0.4 is 14.8 Å². The van der Waals surface area contributed by atoms with E-state index in [1.54, 1.807) is 14.2 Å². The normalized spacial score (nSPS) is 16.6. The van der Waals surface area contributed by atoms with Crippen LogP contribution in [-0.2, 0) is 20.9 Å². The molecule has 0 saturated carbocycles. The lowest BCUT2D eigenvalue weighted by molar-refractivity contribution is -0.132. The fraction of sp³-hybridized carbons (Fsp3) is 0.423. The second-order valence-electron chi connectivity index (χ2n) is 8.52. The molecule has 186 valence electrons. The number of benzene rings is 2. The third kappa shape index (κ3) is 6.58. The predicted octanol–water partition coefficient (Wildman–Crippen LogP) is 2.89. The van der Waals surface area contributed by atoms with Crippen molar-refractivity contribution < 1.29 is 23.8 Å². The van der Waals surface area contributed by atoms with E-state index in [0.29, 0.717) is 37.3 Å². The van der Waals surface area contributed by atoms with E-state index in [2.05, 4.69) is 15.3 Å². The van der Waals surface area contributed by atoms with Crippen LogP contribution in [0.2, 0.25) is 0 Å². The first-order chi connectivity index (χ1) is 17.1. The van der Waals surface area contributed by atoms with Crippen LogP contribution in [0.25, 0.3) is 0 Å². The van der Waals surface area contributed by atoms with Gasteiger partial charge >= 0.3 is 0 Å². The van der Waals surface area contributed by atoms with E-state index in [1.165, 1.54) is 5.01 Å². The van der Waals surface area contributed by atoms with Gasteiger partial charge in [-0.3, -0.25) is 14.5 Å². The molecular formula is C26H32N4O5. The number of methoxy groups -OCH3 is 2. The first kappa shape index (κ1) is 24.7. The molecule has 2 aromatic rings. The molecule has 0 aromatic heterocycles. The standard InChI is InChI=1S/C26H32N4O5/c1-33-23-9-5-20(17-24(23)34-2)22-8-10-26(32)30(28-22)18-19-3-6-21(7-4-19)27-25(31)11-12-29-13-15-35-16-14-29/h3-7,9,17H,8,10-16,18H2,1-2H3,(H,27,31). The Morgan fingerprint density at radius 1 is 1.03 bits per heavy atom. The topological polar surface area (TPSA) is 92.7 Å². The summed E-state index contributed by atoms with van der Waals surface area (Å²) in [5.41, 5.74) is 3.40. The van der Waals surface area contributed by atoms with E-state index in [9.17, 15) is 9.59 Å². The molecule has 2 aliphatic heterocycles. The Morgan fingerprint density at radius 2 is 1.77 bits per heavy atom. The minimum Gasteiger partial charge on any atom is -0.493 e. The molecule has 1 N–H and O–H groups in total. The Labute approximate surface area is 205 Å². The zero-order valence-corrected chi connectivity index (χ0v) is 20.3. The third-order valence-electron chi connectivity index (χ3n) is 6.15. The molecule has 4 rings (SSSR count). The summed E-state index contributed by atoms with van der Waals surface area (Å²) in [6, 6.07) is 13.2. The Balaban J connectivity index is 1.35. The lowest BCUT2D eigenvalue weighted by atomic mass is 10.0. The first-order valence-electron chi connectivity index (χ1n) is 11.8. The van der Waals surface area contributed by atoms with Crippen LogP contribution in [-0.4, -0.2) is 74.5 Å². The van der Waals surface area contributed by atoms with Crippen molar-refractivity contribution in [1.82, 2.24) is 9.91 Å². The van der Waals surface area contributed by atoms with Crippen molar-refractivity contribution in [2.24, 2.45) is 5.10 Å². The monoisotopic (exact) mass is 480 g/mol. The lowest BCUT2D eigenvalue weighted by Crippen LogP contribution is -2.38. The van der Waals surface area contributed by atoms with Gasteiger partial charge in [-0.1, -0.05) is 12.1 Å². The van der Waals surface area contributed by atoms with Crippen LogP contribution in [0, 0.1) is 0 Å². The minimum absolute atomic E-state index is 0.0142. The lowest BCUT2D eigenvalue weighted by Gasteiger charge is -2.26. The van der Waals surface area contributed by atoms with Crippen LogP contribution >= 0.6 is 0 Å². The van der Waals surface area contributed by atoms with E-state index in [0.717, 1.165) is 55.4 Å². The Kier molecular flexibility index (Phi) is 8.33.